The van der Waals surface area contributed by atoms with Crippen LogP contribution in [-0.2, 0) is 4.74 Å². The van der Waals surface area contributed by atoms with E-state index in [1.54, 1.807) is 6.92 Å². The van der Waals surface area contributed by atoms with Crippen LogP contribution in [0.1, 0.15) is 13.8 Å². The molecule has 0 aromatic carbocycles. The topological polar surface area (TPSA) is 29.5 Å². The third-order valence-corrected chi connectivity index (χ3v) is 1.65. The molecule has 0 radical (unpaired) electrons. The number of alkyl halides is 2. The van der Waals surface area contributed by atoms with Gasteiger partial charge in [-0.25, -0.2) is 0 Å². The summed E-state index contributed by atoms with van der Waals surface area (Å²) in [7, 11) is 0. The Labute approximate surface area is 64.7 Å². The molecule has 0 spiro atoms. The van der Waals surface area contributed by atoms with Crippen LogP contribution >= 0.6 is 23.2 Å². The minimum atomic E-state index is -1.42. The summed E-state index contributed by atoms with van der Waals surface area (Å²) in [6.45, 7) is 3.56. The molecule has 2 nitrogen and oxygen atoms in total. The molecule has 0 rings (SSSR count). The van der Waals surface area contributed by atoms with Crippen molar-refractivity contribution in [3.8, 4) is 0 Å². The lowest BCUT2D eigenvalue weighted by Crippen LogP contribution is -2.35. The summed E-state index contributed by atoms with van der Waals surface area (Å²) in [5.74, 6) is -1.42. The van der Waals surface area contributed by atoms with Gasteiger partial charge in [0.2, 0.25) is 0 Å². The van der Waals surface area contributed by atoms with Crippen molar-refractivity contribution in [1.82, 2.24) is 0 Å². The summed E-state index contributed by atoms with van der Waals surface area (Å²) in [5, 5.41) is 9.11. The first-order valence-corrected chi connectivity index (χ1v) is 3.52. The quantitative estimate of drug-likeness (QED) is 0.518. The first-order chi connectivity index (χ1) is 4.00. The van der Waals surface area contributed by atoms with Gasteiger partial charge in [0.05, 0.1) is 0 Å². The lowest BCUT2D eigenvalue weighted by atomic mass is 10.4. The molecule has 0 fully saturated rings. The molecule has 0 aliphatic carbocycles. The van der Waals surface area contributed by atoms with Gasteiger partial charge in [0, 0.05) is 6.61 Å². The maximum absolute atomic E-state index is 9.11. The Hall–Kier alpha value is 0.500. The number of aliphatic hydroxyl groups is 1. The van der Waals surface area contributed by atoms with Gasteiger partial charge in [0.25, 0.3) is 0 Å². The van der Waals surface area contributed by atoms with Crippen molar-refractivity contribution in [3.05, 3.63) is 0 Å². The third-order valence-electron chi connectivity index (χ3n) is 0.841. The highest BCUT2D eigenvalue weighted by Gasteiger charge is 2.28. The summed E-state index contributed by atoms with van der Waals surface area (Å²) in [5.41, 5.74) is 0. The normalized spacial score (nSPS) is 18.0. The van der Waals surface area contributed by atoms with Crippen molar-refractivity contribution in [3.63, 3.8) is 0 Å². The van der Waals surface area contributed by atoms with E-state index in [1.807, 2.05) is 0 Å². The van der Waals surface area contributed by atoms with Gasteiger partial charge in [0.1, 0.15) is 0 Å². The first-order valence-electron chi connectivity index (χ1n) is 2.65. The number of hydrogen-bond donors (Lipinski definition) is 1. The van der Waals surface area contributed by atoms with Crippen LogP contribution < -0.4 is 0 Å². The molecule has 9 heavy (non-hydrogen) atoms. The lowest BCUT2D eigenvalue weighted by Gasteiger charge is -2.23. The minimum absolute atomic E-state index is 0.392. The zero-order chi connectivity index (χ0) is 7.49. The molecule has 0 aromatic rings. The molecule has 0 aliphatic rings. The van der Waals surface area contributed by atoms with Crippen molar-refractivity contribution in [2.24, 2.45) is 0 Å². The molecule has 0 bridgehead atoms. The largest absolute Gasteiger partial charge is 0.364 e. The lowest BCUT2D eigenvalue weighted by molar-refractivity contribution is -0.176. The van der Waals surface area contributed by atoms with Crippen LogP contribution in [-0.4, -0.2) is 22.3 Å². The van der Waals surface area contributed by atoms with Crippen LogP contribution in [0.15, 0.2) is 0 Å². The van der Waals surface area contributed by atoms with Gasteiger partial charge in [-0.05, 0) is 13.8 Å². The van der Waals surface area contributed by atoms with E-state index < -0.39 is 10.6 Å². The third kappa shape index (κ3) is 3.26. The van der Waals surface area contributed by atoms with Gasteiger partial charge < -0.3 is 9.84 Å². The number of hydrogen-bond acceptors (Lipinski definition) is 2. The molecule has 1 unspecified atom stereocenters. The predicted octanol–water partition coefficient (Wildman–Crippen LogP) is 1.54. The van der Waals surface area contributed by atoms with Crippen LogP contribution in [0.2, 0.25) is 0 Å². The van der Waals surface area contributed by atoms with Gasteiger partial charge in [-0.2, -0.15) is 0 Å². The number of ether oxygens (including phenoxy) is 1. The molecule has 0 heterocycles. The number of halogens is 2. The molecular formula is C5H10Cl2O2. The predicted molar refractivity (Wildman–Crippen MR) is 37.7 cm³/mol. The second-order valence-electron chi connectivity index (χ2n) is 1.79. The molecule has 1 N–H and O–H groups in total. The van der Waals surface area contributed by atoms with E-state index in [1.165, 1.54) is 6.92 Å². The van der Waals surface area contributed by atoms with Crippen LogP contribution in [0, 0.1) is 0 Å². The second-order valence-corrected chi connectivity index (χ2v) is 2.88. The maximum atomic E-state index is 9.11. The molecule has 0 amide bonds. The highest BCUT2D eigenvalue weighted by Crippen LogP contribution is 2.20. The Balaban J connectivity index is 3.70. The zero-order valence-corrected chi connectivity index (χ0v) is 6.91. The van der Waals surface area contributed by atoms with Crippen LogP contribution in [0.25, 0.3) is 0 Å². The monoisotopic (exact) mass is 172 g/mol. The fourth-order valence-electron chi connectivity index (χ4n) is 0.355. The zero-order valence-electron chi connectivity index (χ0n) is 5.40. The van der Waals surface area contributed by atoms with E-state index in [0.29, 0.717) is 6.61 Å². The van der Waals surface area contributed by atoms with E-state index in [-0.39, 0.29) is 0 Å². The van der Waals surface area contributed by atoms with E-state index >= 15 is 0 Å². The van der Waals surface area contributed by atoms with Gasteiger partial charge in [0.15, 0.2) is 10.6 Å². The Kier molecular flexibility index (Phi) is 3.82. The Bertz CT molecular complexity index is 83.0. The summed E-state index contributed by atoms with van der Waals surface area (Å²) in [6, 6.07) is 0. The molecule has 1 atom stereocenters. The summed E-state index contributed by atoms with van der Waals surface area (Å²) >= 11 is 10.7. The highest BCUT2D eigenvalue weighted by atomic mass is 35.5. The average molecular weight is 173 g/mol. The summed E-state index contributed by atoms with van der Waals surface area (Å²) in [4.78, 5) is -0.905. The fourth-order valence-corrected chi connectivity index (χ4v) is 0.481. The number of rotatable bonds is 3. The molecule has 0 saturated heterocycles. The van der Waals surface area contributed by atoms with Crippen molar-refractivity contribution in [2.75, 3.05) is 6.61 Å². The van der Waals surface area contributed by atoms with Gasteiger partial charge >= 0.3 is 0 Å². The summed E-state index contributed by atoms with van der Waals surface area (Å²) in [6.07, 6.45) is 0. The molecule has 56 valence electrons. The van der Waals surface area contributed by atoms with Gasteiger partial charge in [-0.3, -0.25) is 0 Å². The van der Waals surface area contributed by atoms with Crippen LogP contribution in [0.4, 0.5) is 0 Å². The fraction of sp³-hybridized carbons (Fsp3) is 1.00. The molecule has 4 heteroatoms. The minimum Gasteiger partial charge on any atom is -0.364 e. The maximum Gasteiger partial charge on any atom is 0.193 e. The van der Waals surface area contributed by atoms with E-state index in [2.05, 4.69) is 0 Å². The van der Waals surface area contributed by atoms with Gasteiger partial charge in [-0.1, -0.05) is 23.2 Å². The SMILES string of the molecule is CCOC(C)(O)C(Cl)Cl. The van der Waals surface area contributed by atoms with Crippen LogP contribution in [0.3, 0.4) is 0 Å². The molecule has 0 aliphatic heterocycles. The standard InChI is InChI=1S/C5H10Cl2O2/c1-3-9-5(2,8)4(6)7/h4,8H,3H2,1-2H3. The molecule has 0 aromatic heterocycles. The van der Waals surface area contributed by atoms with Crippen molar-refractivity contribution in [2.45, 2.75) is 24.5 Å². The molecular weight excluding hydrogens is 163 g/mol. The van der Waals surface area contributed by atoms with E-state index in [4.69, 9.17) is 33.0 Å². The van der Waals surface area contributed by atoms with E-state index in [0.717, 1.165) is 0 Å². The van der Waals surface area contributed by atoms with Crippen molar-refractivity contribution < 1.29 is 9.84 Å². The Morgan fingerprint density at radius 1 is 1.67 bits per heavy atom. The summed E-state index contributed by atoms with van der Waals surface area (Å²) < 4.78 is 4.78. The van der Waals surface area contributed by atoms with Crippen molar-refractivity contribution in [1.29, 1.82) is 0 Å². The van der Waals surface area contributed by atoms with Crippen LogP contribution in [0.5, 0.6) is 0 Å². The first kappa shape index (κ1) is 9.50. The van der Waals surface area contributed by atoms with Gasteiger partial charge in [-0.15, -0.1) is 0 Å². The smallest absolute Gasteiger partial charge is 0.193 e. The highest BCUT2D eigenvalue weighted by molar-refractivity contribution is 6.44. The second kappa shape index (κ2) is 3.62. The Morgan fingerprint density at radius 2 is 2.11 bits per heavy atom. The average Bonchev–Trinajstić information content (AvgIpc) is 1.65. The Morgan fingerprint density at radius 3 is 2.22 bits per heavy atom. The van der Waals surface area contributed by atoms with Crippen molar-refractivity contribution >= 4 is 23.2 Å². The van der Waals surface area contributed by atoms with E-state index in [9.17, 15) is 0 Å². The molecule has 0 saturated carbocycles.